The van der Waals surface area contributed by atoms with Crippen LogP contribution in [0.15, 0.2) is 75.4 Å². The number of Topliss-reactive ketones (excluding diaryl/α,β-unsaturated/α-hetero) is 3. The molecule has 74 heavy (non-hydrogen) atoms. The van der Waals surface area contributed by atoms with Gasteiger partial charge in [0.15, 0.2) is 6.61 Å². The lowest BCUT2D eigenvalue weighted by Crippen LogP contribution is -2.60. The number of hydrogen-bond acceptors (Lipinski definition) is 11. The molecule has 8 atom stereocenters. The molecule has 0 aromatic heterocycles. The maximum atomic E-state index is 16.4. The molecular weight excluding hydrogens is 1000 g/mol. The molecule has 5 saturated carbocycles. The number of rotatable bonds is 17. The van der Waals surface area contributed by atoms with Crippen LogP contribution >= 0.6 is 10.3 Å². The van der Waals surface area contributed by atoms with Crippen LogP contribution in [-0.4, -0.2) is 67.7 Å². The van der Waals surface area contributed by atoms with Gasteiger partial charge in [-0.25, -0.2) is 8.42 Å². The Balaban J connectivity index is 0.875. The molecule has 0 radical (unpaired) electrons. The van der Waals surface area contributed by atoms with Gasteiger partial charge in [-0.2, -0.15) is 26.0 Å². The third-order valence-corrected chi connectivity index (χ3v) is 23.9. The average molecular weight is 1070 g/mol. The van der Waals surface area contributed by atoms with Crippen LogP contribution in [-0.2, 0) is 47.2 Å². The van der Waals surface area contributed by atoms with E-state index in [9.17, 15) is 32.4 Å². The predicted octanol–water partition coefficient (Wildman–Crippen LogP) is 12.6. The largest absolute Gasteiger partial charge is 0.481 e. The van der Waals surface area contributed by atoms with E-state index in [0.29, 0.717) is 67.2 Å². The van der Waals surface area contributed by atoms with Gasteiger partial charge in [0, 0.05) is 58.1 Å². The SMILES string of the molecule is CCC1(OC(=O)COc2c(C)cc(S3(OS(=O)(=O)C(F)(F)C(F)(F)CCOC(=O)CC[C@@H](C)[C@H]4CC[C@H]5[C@@H]6C(=O)CC7CC(=O)CC[C@]7(C)[C@H]6CC(=O)[C@]45C)c4ccccc4-c4ccccc43)cc2C)CCCC1. The Morgan fingerprint density at radius 2 is 1.46 bits per heavy atom. The lowest BCUT2D eigenvalue weighted by atomic mass is 9.44. The van der Waals surface area contributed by atoms with Crippen LogP contribution in [0.4, 0.5) is 17.6 Å². The zero-order valence-corrected chi connectivity index (χ0v) is 44.7. The number of halogens is 4. The summed E-state index contributed by atoms with van der Waals surface area (Å²) in [6.45, 7) is 9.55. The van der Waals surface area contributed by atoms with E-state index in [1.165, 1.54) is 24.3 Å². The molecule has 0 spiro atoms. The Labute approximate surface area is 433 Å². The number of hydrogen-bond donors (Lipinski definition) is 0. The Hall–Kier alpha value is -4.61. The Morgan fingerprint density at radius 3 is 2.08 bits per heavy atom. The van der Waals surface area contributed by atoms with Crippen molar-refractivity contribution in [1.29, 1.82) is 0 Å². The lowest BCUT2D eigenvalue weighted by Gasteiger charge is -2.58. The molecular formula is C57H68F4O11S2. The molecule has 1 heterocycles. The zero-order valence-electron chi connectivity index (χ0n) is 43.1. The summed E-state index contributed by atoms with van der Waals surface area (Å²) in [5, 5.41) is -5.82. The van der Waals surface area contributed by atoms with Gasteiger partial charge in [-0.05, 0) is 163 Å². The van der Waals surface area contributed by atoms with Crippen LogP contribution in [0.1, 0.15) is 135 Å². The molecule has 402 valence electrons. The van der Waals surface area contributed by atoms with Crippen LogP contribution in [0.25, 0.3) is 11.1 Å². The number of carbonyl (C=O) groups is 5. The summed E-state index contributed by atoms with van der Waals surface area (Å²) in [5.41, 5.74) is 0.0719. The molecule has 3 aromatic rings. The number of alkyl halides is 4. The fraction of sp³-hybridized carbons (Fsp3) is 0.596. The van der Waals surface area contributed by atoms with Gasteiger partial charge >= 0.3 is 33.2 Å². The second-order valence-corrected chi connectivity index (χ2v) is 27.0. The van der Waals surface area contributed by atoms with E-state index in [1.54, 1.807) is 50.2 Å². The molecule has 9 rings (SSSR count). The summed E-state index contributed by atoms with van der Waals surface area (Å²) in [4.78, 5) is 67.0. The number of aryl methyl sites for hydroxylation is 2. The number of benzene rings is 3. The maximum Gasteiger partial charge on any atom is 0.432 e. The standard InChI is InChI=1S/C57H68F4O11S2/c1-7-55(23-12-13-24-55)71-50(66)33-70-52-35(3)28-39(29-36(52)4)73(46-16-10-8-14-40(46)41-15-9-11-17-47(41)73)72-74(67,68)57(60,61)56(58,59)26-27-69-49(65)21-18-34(2)42-19-20-43-51-44(32-48(64)54(42,43)6)53(5)25-22-38(62)30-37(53)31-45(51)63/h8-11,14-17,28-29,34,37,42-44,51H,7,12-13,18-27,30-33H2,1-6H3/t34-,37?,42-,43+,44+,51+,53+,54-/m1/s1. The number of fused-ring (bicyclic) bond motifs is 8. The van der Waals surface area contributed by atoms with Crippen LogP contribution in [0, 0.1) is 60.2 Å². The molecule has 11 nitrogen and oxygen atoms in total. The fourth-order valence-corrected chi connectivity index (χ4v) is 20.2. The molecule has 5 fully saturated rings. The van der Waals surface area contributed by atoms with Crippen molar-refractivity contribution >= 4 is 49.7 Å². The maximum absolute atomic E-state index is 16.4. The van der Waals surface area contributed by atoms with E-state index in [-0.39, 0.29) is 98.0 Å². The Bertz CT molecular complexity index is 2790. The minimum Gasteiger partial charge on any atom is -0.481 e. The van der Waals surface area contributed by atoms with Gasteiger partial charge in [0.25, 0.3) is 0 Å². The first-order valence-electron chi connectivity index (χ1n) is 26.3. The van der Waals surface area contributed by atoms with E-state index in [2.05, 4.69) is 6.92 Å². The minimum absolute atomic E-state index is 0.0621. The van der Waals surface area contributed by atoms with Crippen molar-refractivity contribution in [3.8, 4) is 16.9 Å². The zero-order chi connectivity index (χ0) is 53.4. The monoisotopic (exact) mass is 1070 g/mol. The fourth-order valence-electron chi connectivity index (χ4n) is 14.4. The normalized spacial score (nSPS) is 28.8. The van der Waals surface area contributed by atoms with E-state index in [4.69, 9.17) is 17.8 Å². The van der Waals surface area contributed by atoms with Gasteiger partial charge in [-0.1, -0.05) is 64.1 Å². The molecule has 0 amide bonds. The summed E-state index contributed by atoms with van der Waals surface area (Å²) in [7, 11) is -10.3. The molecule has 0 N–H and O–H groups in total. The molecule has 1 aliphatic heterocycles. The van der Waals surface area contributed by atoms with Crippen LogP contribution in [0.2, 0.25) is 0 Å². The van der Waals surface area contributed by atoms with Gasteiger partial charge in [-0.3, -0.25) is 19.2 Å². The van der Waals surface area contributed by atoms with Crippen molar-refractivity contribution in [2.45, 2.75) is 169 Å². The molecule has 3 aromatic carbocycles. The lowest BCUT2D eigenvalue weighted by molar-refractivity contribution is -0.174. The summed E-state index contributed by atoms with van der Waals surface area (Å²) in [5.74, 6) is -7.23. The highest BCUT2D eigenvalue weighted by Gasteiger charge is 2.69. The van der Waals surface area contributed by atoms with Crippen molar-refractivity contribution in [2.75, 3.05) is 13.2 Å². The van der Waals surface area contributed by atoms with E-state index >= 15 is 17.6 Å². The van der Waals surface area contributed by atoms with Gasteiger partial charge < -0.3 is 14.2 Å². The van der Waals surface area contributed by atoms with E-state index in [0.717, 1.165) is 25.7 Å². The average Bonchev–Trinajstić information content (AvgIpc) is 4.05. The third kappa shape index (κ3) is 8.93. The van der Waals surface area contributed by atoms with E-state index < -0.39 is 74.2 Å². The van der Waals surface area contributed by atoms with Gasteiger partial charge in [0.2, 0.25) is 0 Å². The van der Waals surface area contributed by atoms with Crippen LogP contribution in [0.3, 0.4) is 0 Å². The summed E-state index contributed by atoms with van der Waals surface area (Å²) >= 11 is 0. The van der Waals surface area contributed by atoms with Crippen molar-refractivity contribution < 1.29 is 67.8 Å². The molecule has 0 bridgehead atoms. The summed E-state index contributed by atoms with van der Waals surface area (Å²) in [6, 6.07) is 15.9. The van der Waals surface area contributed by atoms with Gasteiger partial charge in [0.1, 0.15) is 28.7 Å². The first-order chi connectivity index (χ1) is 34.9. The first-order valence-corrected chi connectivity index (χ1v) is 29.2. The van der Waals surface area contributed by atoms with Gasteiger partial charge in [-0.15, -0.1) is 0 Å². The second kappa shape index (κ2) is 19.8. The first kappa shape index (κ1) is 54.2. The predicted molar refractivity (Wildman–Crippen MR) is 268 cm³/mol. The van der Waals surface area contributed by atoms with Crippen molar-refractivity contribution in [2.24, 2.45) is 46.3 Å². The second-order valence-electron chi connectivity index (χ2n) is 22.6. The van der Waals surface area contributed by atoms with Crippen LogP contribution in [0.5, 0.6) is 5.75 Å². The molecule has 17 heteroatoms. The Morgan fingerprint density at radius 1 is 0.838 bits per heavy atom. The van der Waals surface area contributed by atoms with Crippen LogP contribution < -0.4 is 4.74 Å². The summed E-state index contributed by atoms with van der Waals surface area (Å²) in [6.07, 6.45) is 5.51. The highest BCUT2D eigenvalue weighted by molar-refractivity contribution is 8.33. The topological polar surface area (TPSA) is 156 Å². The quantitative estimate of drug-likeness (QED) is 0.0936. The minimum atomic E-state index is -6.54. The number of ether oxygens (including phenoxy) is 3. The van der Waals surface area contributed by atoms with E-state index in [1.807, 2.05) is 20.8 Å². The Kier molecular flexibility index (Phi) is 14.5. The van der Waals surface area contributed by atoms with Gasteiger partial charge in [0.05, 0.1) is 13.0 Å². The molecule has 0 saturated heterocycles. The highest BCUT2D eigenvalue weighted by Crippen LogP contribution is 2.78. The van der Waals surface area contributed by atoms with Crippen molar-refractivity contribution in [3.05, 3.63) is 71.8 Å². The molecule has 6 aliphatic rings. The van der Waals surface area contributed by atoms with Crippen molar-refractivity contribution in [3.63, 3.8) is 0 Å². The summed E-state index contributed by atoms with van der Waals surface area (Å²) < 4.78 is 116. The molecule has 1 unspecified atom stereocenters. The molecule has 5 aliphatic carbocycles. The highest BCUT2D eigenvalue weighted by atomic mass is 32.3. The van der Waals surface area contributed by atoms with Crippen molar-refractivity contribution in [1.82, 2.24) is 0 Å². The third-order valence-electron chi connectivity index (χ3n) is 18.6. The number of carbonyl (C=O) groups excluding carboxylic acids is 5. The number of esters is 2. The number of ketones is 3. The smallest absolute Gasteiger partial charge is 0.432 e.